The number of hydrogen-bond acceptors (Lipinski definition) is 5. The molecule has 2 aromatic carbocycles. The van der Waals surface area contributed by atoms with Crippen LogP contribution in [0, 0.1) is 29.6 Å². The highest BCUT2D eigenvalue weighted by Crippen LogP contribution is 2.47. The number of aliphatic carboxylic acids is 1. The maximum atomic E-state index is 11.5. The van der Waals surface area contributed by atoms with E-state index < -0.39 is 11.4 Å². The van der Waals surface area contributed by atoms with Crippen LogP contribution in [0.25, 0.3) is 0 Å². The minimum absolute atomic E-state index is 0.105. The number of hydrogen-bond donors (Lipinski definition) is 1. The van der Waals surface area contributed by atoms with Crippen molar-refractivity contribution >= 4 is 11.7 Å². The summed E-state index contributed by atoms with van der Waals surface area (Å²) in [7, 11) is 0. The summed E-state index contributed by atoms with van der Waals surface area (Å²) >= 11 is 0. The van der Waals surface area contributed by atoms with E-state index in [0.29, 0.717) is 17.2 Å². The van der Waals surface area contributed by atoms with Crippen LogP contribution in [0.15, 0.2) is 83.8 Å². The Morgan fingerprint density at radius 3 is 1.86 bits per heavy atom. The third kappa shape index (κ3) is 12.2. The zero-order chi connectivity index (χ0) is 36.9. The lowest BCUT2D eigenvalue weighted by molar-refractivity contribution is -0.136. The summed E-state index contributed by atoms with van der Waals surface area (Å²) in [5.74, 6) is -0.00426. The topological polar surface area (TPSA) is 97.4 Å². The summed E-state index contributed by atoms with van der Waals surface area (Å²) in [5.41, 5.74) is 3.71. The van der Waals surface area contributed by atoms with E-state index in [0.717, 1.165) is 44.2 Å². The maximum Gasteiger partial charge on any atom is 0.305 e. The molecule has 2 aromatic rings. The maximum absolute atomic E-state index is 11.5. The molecule has 1 aliphatic rings. The first kappa shape index (κ1) is 41.1. The third-order valence-electron chi connectivity index (χ3n) is 10.4. The molecule has 51 heavy (non-hydrogen) atoms. The van der Waals surface area contributed by atoms with Gasteiger partial charge in [-0.05, 0) is 48.6 Å². The fraction of sp³-hybridized carbons (Fsp3) is 0.533. The molecule has 6 heteroatoms. The molecule has 0 aromatic heterocycles. The van der Waals surface area contributed by atoms with Gasteiger partial charge in [-0.2, -0.15) is 10.5 Å². The molecule has 0 amide bonds. The number of allylic oxidation sites excluding steroid dienone is 4. The highest BCUT2D eigenvalue weighted by molar-refractivity contribution is 5.71. The number of ether oxygens (including phenoxy) is 1. The number of para-hydroxylation sites is 2. The molecule has 1 heterocycles. The first-order valence-electron chi connectivity index (χ1n) is 19.6. The van der Waals surface area contributed by atoms with Crippen molar-refractivity contribution in [1.29, 1.82) is 10.5 Å². The largest absolute Gasteiger partial charge is 0.481 e. The van der Waals surface area contributed by atoms with E-state index in [1.807, 2.05) is 24.3 Å². The van der Waals surface area contributed by atoms with Crippen LogP contribution >= 0.6 is 0 Å². The van der Waals surface area contributed by atoms with Gasteiger partial charge in [0.2, 0.25) is 5.88 Å². The molecule has 274 valence electrons. The van der Waals surface area contributed by atoms with Crippen LogP contribution in [0.1, 0.15) is 147 Å². The van der Waals surface area contributed by atoms with E-state index in [2.05, 4.69) is 63.8 Å². The van der Waals surface area contributed by atoms with Gasteiger partial charge in [0.15, 0.2) is 5.75 Å². The number of carboxylic acid groups (broad SMARTS) is 1. The molecule has 0 unspecified atom stereocenters. The predicted octanol–water partition coefficient (Wildman–Crippen LogP) is 12.4. The molecule has 0 atom stereocenters. The van der Waals surface area contributed by atoms with E-state index in [4.69, 9.17) is 4.74 Å². The first-order valence-corrected chi connectivity index (χ1v) is 19.6. The molecule has 0 saturated carbocycles. The van der Waals surface area contributed by atoms with Crippen LogP contribution in [-0.2, 0) is 10.2 Å². The van der Waals surface area contributed by atoms with Crippen molar-refractivity contribution in [3.63, 3.8) is 0 Å². The molecule has 0 bridgehead atoms. The number of fused-ring (bicyclic) bond motifs is 1. The van der Waals surface area contributed by atoms with Crippen molar-refractivity contribution in [1.82, 2.24) is 0 Å². The van der Waals surface area contributed by atoms with Crippen molar-refractivity contribution < 1.29 is 14.6 Å². The van der Waals surface area contributed by atoms with Crippen LogP contribution in [0.4, 0.5) is 5.69 Å². The average Bonchev–Trinajstić information content (AvgIpc) is 3.48. The predicted molar refractivity (Wildman–Crippen MR) is 209 cm³/mol. The molecule has 0 spiro atoms. The number of carbonyl (C=O) groups is 1. The van der Waals surface area contributed by atoms with Crippen LogP contribution in [0.5, 0.6) is 5.75 Å². The van der Waals surface area contributed by atoms with Gasteiger partial charge in [0.25, 0.3) is 0 Å². The van der Waals surface area contributed by atoms with Gasteiger partial charge >= 0.3 is 5.97 Å². The van der Waals surface area contributed by atoms with E-state index in [9.17, 15) is 20.4 Å². The minimum atomic E-state index is -0.925. The highest BCUT2D eigenvalue weighted by atomic mass is 16.5. The van der Waals surface area contributed by atoms with Crippen LogP contribution in [-0.4, -0.2) is 17.6 Å². The average molecular weight is 692 g/mol. The summed E-state index contributed by atoms with van der Waals surface area (Å²) in [6.45, 7) is 11.5. The highest BCUT2D eigenvalue weighted by Gasteiger charge is 2.38. The normalized spacial score (nSPS) is 13.7. The van der Waals surface area contributed by atoms with Gasteiger partial charge in [0.05, 0.1) is 23.3 Å². The molecule has 3 rings (SSSR count). The van der Waals surface area contributed by atoms with E-state index in [-0.39, 0.29) is 24.1 Å². The zero-order valence-corrected chi connectivity index (χ0v) is 31.7. The van der Waals surface area contributed by atoms with Crippen LogP contribution < -0.4 is 9.64 Å². The van der Waals surface area contributed by atoms with Crippen molar-refractivity contribution in [2.75, 3.05) is 11.4 Å². The fourth-order valence-corrected chi connectivity index (χ4v) is 7.50. The number of aryl methyl sites for hydroxylation is 1. The van der Waals surface area contributed by atoms with Gasteiger partial charge in [0.1, 0.15) is 12.1 Å². The van der Waals surface area contributed by atoms with Crippen molar-refractivity contribution in [2.24, 2.45) is 0 Å². The van der Waals surface area contributed by atoms with Gasteiger partial charge in [0, 0.05) is 18.0 Å². The van der Waals surface area contributed by atoms with Crippen LogP contribution in [0.2, 0.25) is 0 Å². The van der Waals surface area contributed by atoms with Gasteiger partial charge in [-0.15, -0.1) is 0 Å². The molecule has 1 aliphatic heterocycles. The third-order valence-corrected chi connectivity index (χ3v) is 10.4. The van der Waals surface area contributed by atoms with Gasteiger partial charge in [-0.3, -0.25) is 4.79 Å². The number of unbranched alkanes of at least 4 members (excludes halogenated alkanes) is 14. The number of carboxylic acids is 1. The molecule has 0 aliphatic carbocycles. The van der Waals surface area contributed by atoms with Crippen molar-refractivity contribution in [2.45, 2.75) is 148 Å². The van der Waals surface area contributed by atoms with E-state index >= 15 is 0 Å². The Morgan fingerprint density at radius 2 is 1.33 bits per heavy atom. The second-order valence-corrected chi connectivity index (χ2v) is 14.2. The second-order valence-electron chi connectivity index (χ2n) is 14.2. The molecule has 0 fully saturated rings. The van der Waals surface area contributed by atoms with Crippen molar-refractivity contribution in [3.8, 4) is 17.9 Å². The van der Waals surface area contributed by atoms with Gasteiger partial charge in [-0.1, -0.05) is 160 Å². The van der Waals surface area contributed by atoms with E-state index in [1.165, 1.54) is 88.2 Å². The summed E-state index contributed by atoms with van der Waals surface area (Å²) in [4.78, 5) is 13.3. The summed E-state index contributed by atoms with van der Waals surface area (Å²) in [6.07, 6.45) is 22.6. The smallest absolute Gasteiger partial charge is 0.305 e. The Labute approximate surface area is 308 Å². The number of anilines is 1. The van der Waals surface area contributed by atoms with Gasteiger partial charge in [-0.25, -0.2) is 0 Å². The van der Waals surface area contributed by atoms with E-state index in [1.54, 1.807) is 11.0 Å². The summed E-state index contributed by atoms with van der Waals surface area (Å²) in [5, 5.41) is 30.9. The number of rotatable bonds is 25. The molecule has 6 nitrogen and oxygen atoms in total. The molecule has 0 saturated heterocycles. The SMILES string of the molecule is C=C(/C(C#N)=C(C#N)/C=C1/Oc2ccccc2N1CCC(=O)O)C(CCCCCCCCCC)(CCCCCCCCCC)c1ccccc1C. The quantitative estimate of drug-likeness (QED) is 0.0632. The second kappa shape index (κ2) is 22.5. The molecule has 1 N–H and O–H groups in total. The Kier molecular flexibility index (Phi) is 18.2. The lowest BCUT2D eigenvalue weighted by Crippen LogP contribution is -2.31. The Morgan fingerprint density at radius 1 is 0.804 bits per heavy atom. The van der Waals surface area contributed by atoms with Crippen molar-refractivity contribution in [3.05, 3.63) is 94.9 Å². The zero-order valence-electron chi connectivity index (χ0n) is 31.7. The van der Waals surface area contributed by atoms with Gasteiger partial charge < -0.3 is 14.7 Å². The molecular weight excluding hydrogens is 631 g/mol. The Balaban J connectivity index is 2.02. The lowest BCUT2D eigenvalue weighted by atomic mass is 9.64. The lowest BCUT2D eigenvalue weighted by Gasteiger charge is -2.38. The monoisotopic (exact) mass is 691 g/mol. The Hall–Kier alpha value is -4.29. The minimum Gasteiger partial charge on any atom is -0.481 e. The number of benzene rings is 2. The standard InChI is InChI=1S/C45H61N3O3/c1-5-7-9-11-13-15-17-23-30-45(40-26-20-19-25-36(40)3,31-24-18-16-14-12-10-8-6-2)37(4)39(35-47)38(34-46)33-43-48(32-29-44(49)50)41-27-21-22-28-42(41)51-43/h19-22,25-28,33H,4-18,23-24,29-32H2,1-3H3,(H,49,50)/b39-38-,43-33+. The summed E-state index contributed by atoms with van der Waals surface area (Å²) < 4.78 is 6.17. The number of nitriles is 2. The fourth-order valence-electron chi connectivity index (χ4n) is 7.50. The molecule has 0 radical (unpaired) electrons. The van der Waals surface area contributed by atoms with Crippen LogP contribution in [0.3, 0.4) is 0 Å². The Bertz CT molecular complexity index is 1540. The molecular formula is C45H61N3O3. The first-order chi connectivity index (χ1) is 24.8. The summed E-state index contributed by atoms with van der Waals surface area (Å²) in [6, 6.07) is 20.6. The number of nitrogens with zero attached hydrogens (tertiary/aromatic N) is 3.